The van der Waals surface area contributed by atoms with Crippen molar-refractivity contribution in [3.63, 3.8) is 0 Å². The van der Waals surface area contributed by atoms with E-state index in [0.29, 0.717) is 11.1 Å². The lowest BCUT2D eigenvalue weighted by Crippen LogP contribution is -2.27. The molecule has 1 aromatic heterocycles. The van der Waals surface area contributed by atoms with E-state index in [2.05, 4.69) is 10.4 Å². The van der Waals surface area contributed by atoms with Gasteiger partial charge in [0, 0.05) is 16.8 Å². The number of carbonyl (C=O) groups is 1. The van der Waals surface area contributed by atoms with Crippen LogP contribution in [0.3, 0.4) is 0 Å². The second-order valence-corrected chi connectivity index (χ2v) is 9.89. The fourth-order valence-corrected chi connectivity index (χ4v) is 5.09. The number of para-hydroxylation sites is 1. The Hall–Kier alpha value is -3.71. The third-order valence-corrected chi connectivity index (χ3v) is 7.24. The van der Waals surface area contributed by atoms with Crippen molar-refractivity contribution >= 4 is 15.7 Å². The van der Waals surface area contributed by atoms with Crippen LogP contribution in [0, 0.1) is 6.92 Å². The third kappa shape index (κ3) is 5.04. The van der Waals surface area contributed by atoms with Gasteiger partial charge in [-0.3, -0.25) is 4.79 Å². The minimum atomic E-state index is -3.44. The lowest BCUT2D eigenvalue weighted by molar-refractivity contribution is 0.0940. The maximum absolute atomic E-state index is 12.8. The first kappa shape index (κ1) is 22.5. The molecule has 0 aliphatic heterocycles. The SMILES string of the molecule is Cc1c(C(C)NC(=O)c2ccc(CS(=O)(=O)c3ccccc3)cc2)cnn1-c1ccccc1. The molecule has 4 aromatic rings. The van der Waals surface area contributed by atoms with Gasteiger partial charge < -0.3 is 5.32 Å². The lowest BCUT2D eigenvalue weighted by Gasteiger charge is -2.14. The van der Waals surface area contributed by atoms with Crippen molar-refractivity contribution in [2.45, 2.75) is 30.5 Å². The summed E-state index contributed by atoms with van der Waals surface area (Å²) in [6.07, 6.45) is 1.77. The van der Waals surface area contributed by atoms with Crippen molar-refractivity contribution in [3.05, 3.63) is 114 Å². The average Bonchev–Trinajstić information content (AvgIpc) is 3.22. The Bertz CT molecular complexity index is 1350. The molecule has 1 N–H and O–H groups in total. The van der Waals surface area contributed by atoms with E-state index in [4.69, 9.17) is 0 Å². The molecule has 0 saturated heterocycles. The molecule has 1 heterocycles. The summed E-state index contributed by atoms with van der Waals surface area (Å²) in [6, 6.07) is 24.6. The predicted octanol–water partition coefficient (Wildman–Crippen LogP) is 4.65. The highest BCUT2D eigenvalue weighted by Gasteiger charge is 2.18. The molecule has 0 radical (unpaired) electrons. The molecule has 7 heteroatoms. The van der Waals surface area contributed by atoms with Crippen LogP contribution in [-0.2, 0) is 15.6 Å². The predicted molar refractivity (Wildman–Crippen MR) is 128 cm³/mol. The van der Waals surface area contributed by atoms with Gasteiger partial charge in [0.05, 0.1) is 28.6 Å². The lowest BCUT2D eigenvalue weighted by atomic mass is 10.1. The number of rotatable bonds is 7. The van der Waals surface area contributed by atoms with Crippen LogP contribution in [0.15, 0.2) is 96.0 Å². The molecule has 33 heavy (non-hydrogen) atoms. The summed E-state index contributed by atoms with van der Waals surface area (Å²) in [5.74, 6) is -0.348. The van der Waals surface area contributed by atoms with Crippen LogP contribution in [0.1, 0.15) is 40.1 Å². The van der Waals surface area contributed by atoms with Gasteiger partial charge in [0.25, 0.3) is 5.91 Å². The van der Waals surface area contributed by atoms with E-state index in [0.717, 1.165) is 16.9 Å². The zero-order valence-corrected chi connectivity index (χ0v) is 19.3. The largest absolute Gasteiger partial charge is 0.345 e. The molecule has 168 valence electrons. The molecule has 0 aliphatic carbocycles. The number of nitrogens with one attached hydrogen (secondary N) is 1. The van der Waals surface area contributed by atoms with Crippen molar-refractivity contribution < 1.29 is 13.2 Å². The molecule has 0 saturated carbocycles. The number of amides is 1. The van der Waals surface area contributed by atoms with Crippen LogP contribution in [0.4, 0.5) is 0 Å². The van der Waals surface area contributed by atoms with E-state index >= 15 is 0 Å². The molecular formula is C26H25N3O3S. The standard InChI is InChI=1S/C26H25N3O3S/c1-19(25-17-27-29(20(25)2)23-9-5-3-6-10-23)28-26(30)22-15-13-21(14-16-22)18-33(31,32)24-11-7-4-8-12-24/h3-17,19H,18H2,1-2H3,(H,28,30). The van der Waals surface area contributed by atoms with Crippen molar-refractivity contribution in [2.75, 3.05) is 0 Å². The fraction of sp³-hybridized carbons (Fsp3) is 0.154. The quantitative estimate of drug-likeness (QED) is 0.436. The van der Waals surface area contributed by atoms with Crippen LogP contribution in [0.2, 0.25) is 0 Å². The van der Waals surface area contributed by atoms with Crippen LogP contribution < -0.4 is 5.32 Å². The van der Waals surface area contributed by atoms with Gasteiger partial charge in [0.2, 0.25) is 0 Å². The number of hydrogen-bond acceptors (Lipinski definition) is 4. The highest BCUT2D eigenvalue weighted by atomic mass is 32.2. The Kier molecular flexibility index (Phi) is 6.42. The van der Waals surface area contributed by atoms with Gasteiger partial charge in [-0.15, -0.1) is 0 Å². The molecule has 3 aromatic carbocycles. The number of nitrogens with zero attached hydrogens (tertiary/aromatic N) is 2. The van der Waals surface area contributed by atoms with Crippen molar-refractivity contribution in [2.24, 2.45) is 0 Å². The monoisotopic (exact) mass is 459 g/mol. The van der Waals surface area contributed by atoms with Gasteiger partial charge in [-0.2, -0.15) is 5.10 Å². The zero-order chi connectivity index (χ0) is 23.4. The zero-order valence-electron chi connectivity index (χ0n) is 18.5. The minimum absolute atomic E-state index is 0.118. The topological polar surface area (TPSA) is 81.1 Å². The Balaban J connectivity index is 1.43. The van der Waals surface area contributed by atoms with E-state index in [1.165, 1.54) is 0 Å². The number of sulfone groups is 1. The molecule has 0 bridgehead atoms. The number of carbonyl (C=O) groups excluding carboxylic acids is 1. The maximum Gasteiger partial charge on any atom is 0.251 e. The van der Waals surface area contributed by atoms with Gasteiger partial charge in [-0.1, -0.05) is 48.5 Å². The van der Waals surface area contributed by atoms with Gasteiger partial charge in [0.15, 0.2) is 9.84 Å². The van der Waals surface area contributed by atoms with Crippen LogP contribution in [0.25, 0.3) is 5.69 Å². The molecule has 1 unspecified atom stereocenters. The van der Waals surface area contributed by atoms with Crippen molar-refractivity contribution in [3.8, 4) is 5.69 Å². The highest BCUT2D eigenvalue weighted by Crippen LogP contribution is 2.21. The molecular weight excluding hydrogens is 434 g/mol. The number of benzene rings is 3. The van der Waals surface area contributed by atoms with Crippen molar-refractivity contribution in [1.29, 1.82) is 0 Å². The molecule has 1 amide bonds. The Morgan fingerprint density at radius 3 is 2.18 bits per heavy atom. The first-order valence-electron chi connectivity index (χ1n) is 10.6. The van der Waals surface area contributed by atoms with Crippen molar-refractivity contribution in [1.82, 2.24) is 15.1 Å². The van der Waals surface area contributed by atoms with E-state index < -0.39 is 9.84 Å². The highest BCUT2D eigenvalue weighted by molar-refractivity contribution is 7.90. The smallest absolute Gasteiger partial charge is 0.251 e. The van der Waals surface area contributed by atoms with E-state index in [1.807, 2.05) is 48.9 Å². The van der Waals surface area contributed by atoms with E-state index in [1.54, 1.807) is 60.8 Å². The summed E-state index contributed by atoms with van der Waals surface area (Å²) in [6.45, 7) is 3.89. The first-order chi connectivity index (χ1) is 15.8. The number of aromatic nitrogens is 2. The second kappa shape index (κ2) is 9.42. The van der Waals surface area contributed by atoms with Gasteiger partial charge in [-0.25, -0.2) is 13.1 Å². The maximum atomic E-state index is 12.8. The Labute approximate surface area is 193 Å². The average molecular weight is 460 g/mol. The summed E-state index contributed by atoms with van der Waals surface area (Å²) < 4.78 is 27.0. The number of hydrogen-bond donors (Lipinski definition) is 1. The normalized spacial score (nSPS) is 12.3. The van der Waals surface area contributed by atoms with E-state index in [-0.39, 0.29) is 22.6 Å². The van der Waals surface area contributed by atoms with Crippen LogP contribution >= 0.6 is 0 Å². The fourth-order valence-electron chi connectivity index (χ4n) is 3.72. The summed E-state index contributed by atoms with van der Waals surface area (Å²) in [5.41, 5.74) is 3.94. The second-order valence-electron chi connectivity index (χ2n) is 7.90. The van der Waals surface area contributed by atoms with Crippen LogP contribution in [0.5, 0.6) is 0 Å². The summed E-state index contributed by atoms with van der Waals surface area (Å²) in [5, 5.41) is 7.47. The molecule has 0 aliphatic rings. The summed E-state index contributed by atoms with van der Waals surface area (Å²) in [7, 11) is -3.44. The van der Waals surface area contributed by atoms with Gasteiger partial charge in [0.1, 0.15) is 0 Å². The molecule has 0 spiro atoms. The molecule has 4 rings (SSSR count). The van der Waals surface area contributed by atoms with E-state index in [9.17, 15) is 13.2 Å². The van der Waals surface area contributed by atoms with Crippen LogP contribution in [-0.4, -0.2) is 24.1 Å². The Morgan fingerprint density at radius 2 is 1.55 bits per heavy atom. The van der Waals surface area contributed by atoms with Gasteiger partial charge >= 0.3 is 0 Å². The third-order valence-electron chi connectivity index (χ3n) is 5.54. The Morgan fingerprint density at radius 1 is 0.939 bits per heavy atom. The molecule has 0 fully saturated rings. The minimum Gasteiger partial charge on any atom is -0.345 e. The summed E-state index contributed by atoms with van der Waals surface area (Å²) >= 11 is 0. The molecule has 6 nitrogen and oxygen atoms in total. The first-order valence-corrected chi connectivity index (χ1v) is 12.3. The molecule has 1 atom stereocenters. The van der Waals surface area contributed by atoms with Gasteiger partial charge in [-0.05, 0) is 55.8 Å². The summed E-state index contributed by atoms with van der Waals surface area (Å²) in [4.78, 5) is 13.1.